The minimum Gasteiger partial charge on any atom is -0.497 e. The average Bonchev–Trinajstić information content (AvgIpc) is 2.89. The van der Waals surface area contributed by atoms with Crippen LogP contribution >= 0.6 is 0 Å². The molecular formula is C28H39N3O5S. The van der Waals surface area contributed by atoms with Crippen molar-refractivity contribution in [2.24, 2.45) is 0 Å². The van der Waals surface area contributed by atoms with E-state index in [-0.39, 0.29) is 18.5 Å². The zero-order valence-electron chi connectivity index (χ0n) is 22.3. The Labute approximate surface area is 221 Å². The lowest BCUT2D eigenvalue weighted by atomic mass is 9.95. The summed E-state index contributed by atoms with van der Waals surface area (Å²) in [5, 5.41) is 3.11. The third-order valence-corrected chi connectivity index (χ3v) is 8.05. The number of hydrogen-bond donors (Lipinski definition) is 1. The molecule has 0 spiro atoms. The topological polar surface area (TPSA) is 96.0 Å². The fourth-order valence-electron chi connectivity index (χ4n) is 4.77. The Kier molecular flexibility index (Phi) is 9.97. The molecule has 1 aliphatic carbocycles. The van der Waals surface area contributed by atoms with E-state index >= 15 is 0 Å². The average molecular weight is 530 g/mol. The van der Waals surface area contributed by atoms with Gasteiger partial charge in [0.1, 0.15) is 18.3 Å². The lowest BCUT2D eigenvalue weighted by molar-refractivity contribution is -0.139. The van der Waals surface area contributed by atoms with E-state index in [2.05, 4.69) is 5.32 Å². The molecule has 1 aliphatic rings. The Balaban J connectivity index is 1.91. The maximum atomic E-state index is 13.8. The fourth-order valence-corrected chi connectivity index (χ4v) is 5.65. The molecule has 3 rings (SSSR count). The number of anilines is 1. The first-order chi connectivity index (χ1) is 17.6. The second-order valence-electron chi connectivity index (χ2n) is 9.64. The molecule has 2 aromatic carbocycles. The van der Waals surface area contributed by atoms with Gasteiger partial charge in [0, 0.05) is 12.6 Å². The van der Waals surface area contributed by atoms with Crippen molar-refractivity contribution in [1.29, 1.82) is 0 Å². The number of carbonyl (C=O) groups excluding carboxylic acids is 2. The largest absolute Gasteiger partial charge is 0.497 e. The molecule has 2 amide bonds. The van der Waals surface area contributed by atoms with E-state index in [9.17, 15) is 18.0 Å². The zero-order valence-corrected chi connectivity index (χ0v) is 23.1. The number of ether oxygens (including phenoxy) is 1. The van der Waals surface area contributed by atoms with Gasteiger partial charge in [-0.05, 0) is 55.5 Å². The van der Waals surface area contributed by atoms with Gasteiger partial charge < -0.3 is 15.0 Å². The van der Waals surface area contributed by atoms with Crippen LogP contribution in [-0.2, 0) is 32.6 Å². The van der Waals surface area contributed by atoms with Gasteiger partial charge in [-0.3, -0.25) is 13.9 Å². The molecule has 1 saturated carbocycles. The summed E-state index contributed by atoms with van der Waals surface area (Å²) in [5.41, 5.74) is 2.08. The van der Waals surface area contributed by atoms with Crippen molar-refractivity contribution in [3.8, 4) is 5.75 Å². The Morgan fingerprint density at radius 1 is 1.08 bits per heavy atom. The van der Waals surface area contributed by atoms with Crippen LogP contribution < -0.4 is 14.4 Å². The van der Waals surface area contributed by atoms with E-state index in [1.807, 2.05) is 43.3 Å². The van der Waals surface area contributed by atoms with Gasteiger partial charge in [0.2, 0.25) is 21.8 Å². The second kappa shape index (κ2) is 12.9. The second-order valence-corrected chi connectivity index (χ2v) is 11.6. The highest BCUT2D eigenvalue weighted by Crippen LogP contribution is 2.25. The molecule has 0 bridgehead atoms. The summed E-state index contributed by atoms with van der Waals surface area (Å²) in [6.07, 6.45) is 6.89. The van der Waals surface area contributed by atoms with Gasteiger partial charge in [-0.25, -0.2) is 8.42 Å². The monoisotopic (exact) mass is 529 g/mol. The van der Waals surface area contributed by atoms with E-state index in [0.717, 1.165) is 47.4 Å². The van der Waals surface area contributed by atoms with Crippen LogP contribution in [0.25, 0.3) is 0 Å². The quantitative estimate of drug-likeness (QED) is 0.477. The number of aryl methyl sites for hydroxylation is 1. The molecule has 202 valence electrons. The Bertz CT molecular complexity index is 1180. The van der Waals surface area contributed by atoms with E-state index in [1.54, 1.807) is 26.2 Å². The number of para-hydroxylation sites is 1. The van der Waals surface area contributed by atoms with Crippen molar-refractivity contribution in [3.63, 3.8) is 0 Å². The molecule has 1 unspecified atom stereocenters. The van der Waals surface area contributed by atoms with Gasteiger partial charge in [-0.1, -0.05) is 56.5 Å². The van der Waals surface area contributed by atoms with E-state index in [4.69, 9.17) is 4.74 Å². The molecular weight excluding hydrogens is 490 g/mol. The van der Waals surface area contributed by atoms with Crippen molar-refractivity contribution in [2.75, 3.05) is 24.2 Å². The maximum Gasteiger partial charge on any atom is 0.244 e. The third-order valence-electron chi connectivity index (χ3n) is 6.93. The number of nitrogens with one attached hydrogen (secondary N) is 1. The van der Waals surface area contributed by atoms with Crippen LogP contribution in [0.3, 0.4) is 0 Å². The summed E-state index contributed by atoms with van der Waals surface area (Å²) in [4.78, 5) is 28.5. The highest BCUT2D eigenvalue weighted by Gasteiger charge is 2.31. The smallest absolute Gasteiger partial charge is 0.244 e. The molecule has 2 aromatic rings. The van der Waals surface area contributed by atoms with Gasteiger partial charge in [-0.2, -0.15) is 0 Å². The summed E-state index contributed by atoms with van der Waals surface area (Å²) < 4.78 is 32.1. The van der Waals surface area contributed by atoms with Crippen LogP contribution in [0.2, 0.25) is 0 Å². The van der Waals surface area contributed by atoms with Crippen LogP contribution in [0.5, 0.6) is 5.75 Å². The number of benzene rings is 2. The van der Waals surface area contributed by atoms with Crippen LogP contribution in [0.1, 0.15) is 57.1 Å². The standard InChI is InChI=1S/C28H39N3O5S/c1-5-23-13-9-10-17-26(23)31(37(4,34)35)20-27(32)30(19-22-12-11-16-25(18-22)36-3)21(2)28(33)29-24-14-7-6-8-15-24/h9-13,16-18,21,24H,5-8,14-15,19-20H2,1-4H3,(H,29,33). The van der Waals surface area contributed by atoms with Crippen LogP contribution in [0.4, 0.5) is 5.69 Å². The van der Waals surface area contributed by atoms with Crippen molar-refractivity contribution in [2.45, 2.75) is 71.0 Å². The summed E-state index contributed by atoms with van der Waals surface area (Å²) in [6.45, 7) is 3.37. The van der Waals surface area contributed by atoms with Crippen molar-refractivity contribution >= 4 is 27.5 Å². The Morgan fingerprint density at radius 3 is 2.43 bits per heavy atom. The summed E-state index contributed by atoms with van der Waals surface area (Å²) in [7, 11) is -2.20. The molecule has 0 aliphatic heterocycles. The number of methoxy groups -OCH3 is 1. The lowest BCUT2D eigenvalue weighted by Crippen LogP contribution is -2.53. The van der Waals surface area contributed by atoms with Gasteiger partial charge in [0.25, 0.3) is 0 Å². The summed E-state index contributed by atoms with van der Waals surface area (Å²) >= 11 is 0. The fraction of sp³-hybridized carbons (Fsp3) is 0.500. The molecule has 0 aromatic heterocycles. The molecule has 1 N–H and O–H groups in total. The number of hydrogen-bond acceptors (Lipinski definition) is 5. The van der Waals surface area contributed by atoms with Gasteiger partial charge in [-0.15, -0.1) is 0 Å². The van der Waals surface area contributed by atoms with Crippen molar-refractivity contribution in [1.82, 2.24) is 10.2 Å². The Hall–Kier alpha value is -3.07. The number of nitrogens with zero attached hydrogens (tertiary/aromatic N) is 2. The number of carbonyl (C=O) groups is 2. The molecule has 1 atom stereocenters. The highest BCUT2D eigenvalue weighted by molar-refractivity contribution is 7.92. The highest BCUT2D eigenvalue weighted by atomic mass is 32.2. The van der Waals surface area contributed by atoms with Crippen LogP contribution in [0.15, 0.2) is 48.5 Å². The molecule has 1 fully saturated rings. The first kappa shape index (κ1) is 28.5. The lowest BCUT2D eigenvalue weighted by Gasteiger charge is -2.33. The van der Waals surface area contributed by atoms with Crippen molar-refractivity contribution < 1.29 is 22.7 Å². The van der Waals surface area contributed by atoms with Crippen LogP contribution in [0, 0.1) is 0 Å². The predicted octanol–water partition coefficient (Wildman–Crippen LogP) is 3.89. The van der Waals surface area contributed by atoms with Crippen LogP contribution in [-0.4, -0.2) is 57.1 Å². The van der Waals surface area contributed by atoms with Gasteiger partial charge in [0.15, 0.2) is 0 Å². The normalized spacial score (nSPS) is 15.0. The van der Waals surface area contributed by atoms with E-state index in [0.29, 0.717) is 17.9 Å². The first-order valence-electron chi connectivity index (χ1n) is 12.9. The third kappa shape index (κ3) is 7.71. The first-order valence-corrected chi connectivity index (χ1v) is 14.8. The maximum absolute atomic E-state index is 13.8. The number of sulfonamides is 1. The zero-order chi connectivity index (χ0) is 27.0. The van der Waals surface area contributed by atoms with Gasteiger partial charge in [0.05, 0.1) is 19.1 Å². The number of rotatable bonds is 11. The number of amides is 2. The van der Waals surface area contributed by atoms with Crippen molar-refractivity contribution in [3.05, 3.63) is 59.7 Å². The SMILES string of the molecule is CCc1ccccc1N(CC(=O)N(Cc1cccc(OC)c1)C(C)C(=O)NC1CCCCC1)S(C)(=O)=O. The van der Waals surface area contributed by atoms with E-state index < -0.39 is 28.5 Å². The summed E-state index contributed by atoms with van der Waals surface area (Å²) in [5.74, 6) is -0.0488. The predicted molar refractivity (Wildman–Crippen MR) is 146 cm³/mol. The molecule has 9 heteroatoms. The minimum absolute atomic E-state index is 0.0985. The van der Waals surface area contributed by atoms with Gasteiger partial charge >= 0.3 is 0 Å². The molecule has 0 saturated heterocycles. The molecule has 0 radical (unpaired) electrons. The molecule has 0 heterocycles. The van der Waals surface area contributed by atoms with E-state index in [1.165, 1.54) is 11.3 Å². The Morgan fingerprint density at radius 2 is 1.78 bits per heavy atom. The minimum atomic E-state index is -3.77. The molecule has 37 heavy (non-hydrogen) atoms. The molecule has 8 nitrogen and oxygen atoms in total. The summed E-state index contributed by atoms with van der Waals surface area (Å²) in [6, 6.07) is 13.8.